The van der Waals surface area contributed by atoms with Crippen molar-refractivity contribution in [2.75, 3.05) is 0 Å². The van der Waals surface area contributed by atoms with Gasteiger partial charge in [0.15, 0.2) is 5.78 Å². The normalized spacial score (nSPS) is 22.0. The Morgan fingerprint density at radius 3 is 2.83 bits per heavy atom. The van der Waals surface area contributed by atoms with Crippen molar-refractivity contribution in [2.24, 2.45) is 11.8 Å². The maximum absolute atomic E-state index is 12.0. The largest absolute Gasteiger partial charge is 0.458 e. The van der Waals surface area contributed by atoms with Gasteiger partial charge in [-0.15, -0.1) is 11.3 Å². The predicted octanol–water partition coefficient (Wildman–Crippen LogP) is 2.94. The van der Waals surface area contributed by atoms with Crippen LogP contribution >= 0.6 is 11.3 Å². The summed E-state index contributed by atoms with van der Waals surface area (Å²) in [5.41, 5.74) is 1.78. The van der Waals surface area contributed by atoms with E-state index >= 15 is 0 Å². The molecule has 1 saturated carbocycles. The summed E-state index contributed by atoms with van der Waals surface area (Å²) in [6.07, 6.45) is 2.00. The van der Waals surface area contributed by atoms with Gasteiger partial charge in [-0.1, -0.05) is 20.8 Å². The second-order valence-corrected chi connectivity index (χ2v) is 5.75. The van der Waals surface area contributed by atoms with Crippen LogP contribution in [0.25, 0.3) is 0 Å². The third-order valence-corrected chi connectivity index (χ3v) is 3.96. The predicted molar refractivity (Wildman–Crippen MR) is 68.9 cm³/mol. The third kappa shape index (κ3) is 2.61. The first-order valence-corrected chi connectivity index (χ1v) is 7.11. The Morgan fingerprint density at radius 1 is 1.56 bits per heavy atom. The van der Waals surface area contributed by atoms with Crippen molar-refractivity contribution in [3.05, 3.63) is 16.1 Å². The lowest BCUT2D eigenvalue weighted by Crippen LogP contribution is -2.15. The van der Waals surface area contributed by atoms with Crippen LogP contribution in [-0.2, 0) is 4.74 Å². The van der Waals surface area contributed by atoms with Crippen molar-refractivity contribution < 1.29 is 14.3 Å². The zero-order valence-electron chi connectivity index (χ0n) is 10.8. The van der Waals surface area contributed by atoms with E-state index in [1.165, 1.54) is 16.8 Å². The minimum atomic E-state index is -0.401. The molecule has 0 N–H and O–H groups in total. The molecule has 1 aliphatic carbocycles. The number of thiazole rings is 1. The monoisotopic (exact) mass is 267 g/mol. The van der Waals surface area contributed by atoms with Crippen LogP contribution < -0.4 is 0 Å². The smallest absolute Gasteiger partial charge is 0.351 e. The number of rotatable bonds is 5. The Kier molecular flexibility index (Phi) is 3.80. The van der Waals surface area contributed by atoms with Crippen molar-refractivity contribution >= 4 is 23.1 Å². The summed E-state index contributed by atoms with van der Waals surface area (Å²) in [7, 11) is 0. The zero-order valence-corrected chi connectivity index (χ0v) is 11.6. The molecular formula is C13H17NO3S. The number of hydrogen-bond donors (Lipinski definition) is 0. The Bertz CT molecular complexity index is 467. The number of carbonyl (C=O) groups excluding carboxylic acids is 2. The summed E-state index contributed by atoms with van der Waals surface area (Å²) in [6.45, 7) is 5.68. The van der Waals surface area contributed by atoms with E-state index < -0.39 is 5.97 Å². The van der Waals surface area contributed by atoms with Crippen molar-refractivity contribution in [2.45, 2.75) is 39.7 Å². The molecule has 0 radical (unpaired) electrons. The molecule has 0 amide bonds. The van der Waals surface area contributed by atoms with E-state index in [0.29, 0.717) is 10.8 Å². The number of ketones is 1. The van der Waals surface area contributed by atoms with Gasteiger partial charge < -0.3 is 4.74 Å². The van der Waals surface area contributed by atoms with E-state index in [0.717, 1.165) is 12.8 Å². The van der Waals surface area contributed by atoms with Gasteiger partial charge >= 0.3 is 5.97 Å². The molecular weight excluding hydrogens is 250 g/mol. The summed E-state index contributed by atoms with van der Waals surface area (Å²) in [5, 5.41) is 0. The van der Waals surface area contributed by atoms with Gasteiger partial charge in [-0.3, -0.25) is 4.79 Å². The molecule has 2 unspecified atom stereocenters. The number of ether oxygens (including phenoxy) is 1. The molecule has 0 aromatic carbocycles. The van der Waals surface area contributed by atoms with Crippen molar-refractivity contribution in [1.29, 1.82) is 0 Å². The molecule has 4 nitrogen and oxygen atoms in total. The second kappa shape index (κ2) is 5.18. The Hall–Kier alpha value is -1.23. The van der Waals surface area contributed by atoms with Gasteiger partial charge in [0.25, 0.3) is 0 Å². The van der Waals surface area contributed by atoms with Gasteiger partial charge in [-0.25, -0.2) is 9.78 Å². The van der Waals surface area contributed by atoms with Gasteiger partial charge in [0, 0.05) is 5.92 Å². The van der Waals surface area contributed by atoms with Crippen molar-refractivity contribution in [3.8, 4) is 0 Å². The first-order chi connectivity index (χ1) is 8.54. The van der Waals surface area contributed by atoms with E-state index in [-0.39, 0.29) is 23.5 Å². The maximum atomic E-state index is 12.0. The van der Waals surface area contributed by atoms with Gasteiger partial charge in [-0.05, 0) is 18.8 Å². The summed E-state index contributed by atoms with van der Waals surface area (Å²) in [6, 6.07) is 0. The fraction of sp³-hybridized carbons (Fsp3) is 0.615. The molecule has 1 aromatic heterocycles. The minimum absolute atomic E-state index is 0.0339. The fourth-order valence-electron chi connectivity index (χ4n) is 1.82. The highest BCUT2D eigenvalue weighted by atomic mass is 32.1. The third-order valence-electron chi connectivity index (χ3n) is 3.15. The van der Waals surface area contributed by atoms with E-state index in [1.807, 2.05) is 0 Å². The fourth-order valence-corrected chi connectivity index (χ4v) is 2.50. The molecule has 2 rings (SSSR count). The quantitative estimate of drug-likeness (QED) is 0.608. The Labute approximate surface area is 110 Å². The van der Waals surface area contributed by atoms with Crippen molar-refractivity contribution in [3.63, 3.8) is 0 Å². The van der Waals surface area contributed by atoms with Crippen LogP contribution in [0.5, 0.6) is 0 Å². The lowest BCUT2D eigenvalue weighted by atomic mass is 10.1. The van der Waals surface area contributed by atoms with Gasteiger partial charge in [-0.2, -0.15) is 0 Å². The van der Waals surface area contributed by atoms with Gasteiger partial charge in [0.05, 0.1) is 5.51 Å². The molecule has 18 heavy (non-hydrogen) atoms. The number of nitrogens with zero attached hydrogens (tertiary/aromatic N) is 1. The molecule has 0 spiro atoms. The van der Waals surface area contributed by atoms with Gasteiger partial charge in [0.2, 0.25) is 0 Å². The van der Waals surface area contributed by atoms with Crippen LogP contribution in [0, 0.1) is 11.8 Å². The first kappa shape index (κ1) is 13.2. The molecule has 1 heterocycles. The molecule has 1 aliphatic rings. The molecule has 5 heteroatoms. The molecule has 2 atom stereocenters. The standard InChI is InChI=1S/C13H17NO3S/c1-4-8-5-9(8)17-13(16)12-10(14-6-18-12)11(15)7(2)3/h6-9H,4-5H2,1-3H3. The van der Waals surface area contributed by atoms with Crippen LogP contribution in [0.3, 0.4) is 0 Å². The molecule has 1 aromatic rings. The van der Waals surface area contributed by atoms with E-state index in [4.69, 9.17) is 4.74 Å². The Balaban J connectivity index is 2.07. The average molecular weight is 267 g/mol. The molecule has 1 fully saturated rings. The lowest BCUT2D eigenvalue weighted by Gasteiger charge is -2.05. The highest BCUT2D eigenvalue weighted by Crippen LogP contribution is 2.37. The Morgan fingerprint density at radius 2 is 2.28 bits per heavy atom. The number of aromatic nitrogens is 1. The zero-order chi connectivity index (χ0) is 13.3. The summed E-state index contributed by atoms with van der Waals surface area (Å²) < 4.78 is 5.36. The number of hydrogen-bond acceptors (Lipinski definition) is 5. The SMILES string of the molecule is CCC1CC1OC(=O)c1scnc1C(=O)C(C)C. The summed E-state index contributed by atoms with van der Waals surface area (Å²) in [4.78, 5) is 28.2. The molecule has 98 valence electrons. The second-order valence-electron chi connectivity index (χ2n) is 4.90. The van der Waals surface area contributed by atoms with E-state index in [9.17, 15) is 9.59 Å². The summed E-state index contributed by atoms with van der Waals surface area (Å²) >= 11 is 1.18. The highest BCUT2D eigenvalue weighted by Gasteiger charge is 2.40. The van der Waals surface area contributed by atoms with Gasteiger partial charge in [0.1, 0.15) is 16.7 Å². The van der Waals surface area contributed by atoms with Crippen LogP contribution in [0.15, 0.2) is 5.51 Å². The van der Waals surface area contributed by atoms with Crippen LogP contribution in [-0.4, -0.2) is 22.8 Å². The topological polar surface area (TPSA) is 56.3 Å². The molecule has 0 saturated heterocycles. The van der Waals surface area contributed by atoms with E-state index in [2.05, 4.69) is 11.9 Å². The van der Waals surface area contributed by atoms with Crippen LogP contribution in [0.4, 0.5) is 0 Å². The van der Waals surface area contributed by atoms with Crippen LogP contribution in [0.2, 0.25) is 0 Å². The maximum Gasteiger partial charge on any atom is 0.351 e. The number of Topliss-reactive ketones (excluding diaryl/α,β-unsaturated/α-hetero) is 1. The summed E-state index contributed by atoms with van der Waals surface area (Å²) in [5.74, 6) is -0.178. The number of esters is 1. The lowest BCUT2D eigenvalue weighted by molar-refractivity contribution is 0.0452. The van der Waals surface area contributed by atoms with Crippen molar-refractivity contribution in [1.82, 2.24) is 4.98 Å². The highest BCUT2D eigenvalue weighted by molar-refractivity contribution is 7.12. The average Bonchev–Trinajstić information content (AvgIpc) is 2.90. The first-order valence-electron chi connectivity index (χ1n) is 6.23. The molecule has 0 bridgehead atoms. The minimum Gasteiger partial charge on any atom is -0.458 e. The number of carbonyl (C=O) groups is 2. The van der Waals surface area contributed by atoms with E-state index in [1.54, 1.807) is 13.8 Å². The molecule has 0 aliphatic heterocycles. The van der Waals surface area contributed by atoms with Crippen LogP contribution in [0.1, 0.15) is 53.8 Å².